The molecule has 0 aromatic carbocycles. The third-order valence-electron chi connectivity index (χ3n) is 7.47. The van der Waals surface area contributed by atoms with Gasteiger partial charge in [-0.05, 0) is 43.4 Å². The molecule has 1 saturated heterocycles. The molecule has 2 aliphatic carbocycles. The molecule has 2 N–H and O–H groups in total. The van der Waals surface area contributed by atoms with Gasteiger partial charge in [0.15, 0.2) is 0 Å². The number of ether oxygens (including phenoxy) is 1. The standard InChI is InChI=1S/C20H36N2O2/c1-6-19(2,3)13-7-9-14(10-8-13)21-18(23)22-16-15-11-12-24-17(15)20(16,4)5/h13-17H,6-12H2,1-5H3,(H2,21,22,23). The number of urea groups is 1. The van der Waals surface area contributed by atoms with Gasteiger partial charge in [0.1, 0.15) is 0 Å². The topological polar surface area (TPSA) is 50.4 Å². The van der Waals surface area contributed by atoms with Gasteiger partial charge in [-0.25, -0.2) is 4.79 Å². The van der Waals surface area contributed by atoms with Crippen molar-refractivity contribution in [1.82, 2.24) is 10.6 Å². The molecule has 1 heterocycles. The molecule has 0 aromatic rings. The molecule has 3 rings (SSSR count). The number of nitrogens with one attached hydrogen (secondary N) is 2. The van der Waals surface area contributed by atoms with E-state index in [2.05, 4.69) is 45.3 Å². The lowest BCUT2D eigenvalue weighted by Crippen LogP contribution is -2.68. The molecule has 4 heteroatoms. The summed E-state index contributed by atoms with van der Waals surface area (Å²) in [5.74, 6) is 1.30. The number of carbonyl (C=O) groups excluding carboxylic acids is 1. The molecule has 24 heavy (non-hydrogen) atoms. The minimum Gasteiger partial charge on any atom is -0.377 e. The van der Waals surface area contributed by atoms with Crippen molar-refractivity contribution in [2.75, 3.05) is 6.61 Å². The van der Waals surface area contributed by atoms with Crippen LogP contribution in [0.15, 0.2) is 0 Å². The van der Waals surface area contributed by atoms with Crippen molar-refractivity contribution in [2.24, 2.45) is 22.7 Å². The molecule has 2 saturated carbocycles. The molecule has 1 aliphatic heterocycles. The lowest BCUT2D eigenvalue weighted by atomic mass is 9.57. The van der Waals surface area contributed by atoms with Crippen molar-refractivity contribution in [1.29, 1.82) is 0 Å². The van der Waals surface area contributed by atoms with Crippen LogP contribution in [0.4, 0.5) is 4.79 Å². The second-order valence-electron chi connectivity index (χ2n) is 9.55. The van der Waals surface area contributed by atoms with Gasteiger partial charge in [-0.1, -0.05) is 41.0 Å². The fraction of sp³-hybridized carbons (Fsp3) is 0.950. The molecular formula is C20H36N2O2. The molecule has 3 atom stereocenters. The molecule has 138 valence electrons. The second-order valence-corrected chi connectivity index (χ2v) is 9.55. The van der Waals surface area contributed by atoms with Crippen molar-refractivity contribution in [3.63, 3.8) is 0 Å². The van der Waals surface area contributed by atoms with Gasteiger partial charge in [-0.3, -0.25) is 0 Å². The van der Waals surface area contributed by atoms with Crippen LogP contribution in [0, 0.1) is 22.7 Å². The minimum atomic E-state index is 0.0247. The van der Waals surface area contributed by atoms with Crippen LogP contribution in [-0.2, 0) is 4.74 Å². The van der Waals surface area contributed by atoms with Crippen LogP contribution in [0.5, 0.6) is 0 Å². The second kappa shape index (κ2) is 6.51. The van der Waals surface area contributed by atoms with Crippen molar-refractivity contribution in [2.45, 2.75) is 91.3 Å². The Morgan fingerprint density at radius 3 is 2.42 bits per heavy atom. The molecule has 3 unspecified atom stereocenters. The Hall–Kier alpha value is -0.770. The molecule has 0 bridgehead atoms. The third kappa shape index (κ3) is 3.18. The first-order valence-corrected chi connectivity index (χ1v) is 9.94. The van der Waals surface area contributed by atoms with Crippen LogP contribution in [0.1, 0.15) is 73.1 Å². The molecule has 3 aliphatic rings. The predicted octanol–water partition coefficient (Wildman–Crippen LogP) is 4.09. The Balaban J connectivity index is 1.45. The first-order chi connectivity index (χ1) is 11.3. The fourth-order valence-corrected chi connectivity index (χ4v) is 5.29. The van der Waals surface area contributed by atoms with Gasteiger partial charge in [0.25, 0.3) is 0 Å². The summed E-state index contributed by atoms with van der Waals surface area (Å²) in [5.41, 5.74) is 0.488. The Bertz CT molecular complexity index is 466. The van der Waals surface area contributed by atoms with Crippen LogP contribution in [0.2, 0.25) is 0 Å². The summed E-state index contributed by atoms with van der Waals surface area (Å²) < 4.78 is 5.81. The van der Waals surface area contributed by atoms with E-state index in [0.717, 1.165) is 31.8 Å². The van der Waals surface area contributed by atoms with E-state index >= 15 is 0 Å². The van der Waals surface area contributed by atoms with Crippen LogP contribution in [0.25, 0.3) is 0 Å². The third-order valence-corrected chi connectivity index (χ3v) is 7.47. The van der Waals surface area contributed by atoms with Crippen LogP contribution in [-0.4, -0.2) is 30.8 Å². The maximum absolute atomic E-state index is 12.5. The molecule has 0 radical (unpaired) electrons. The predicted molar refractivity (Wildman–Crippen MR) is 96.9 cm³/mol. The zero-order chi connectivity index (χ0) is 17.5. The zero-order valence-electron chi connectivity index (χ0n) is 16.2. The van der Waals surface area contributed by atoms with Gasteiger partial charge in [0, 0.05) is 30.0 Å². The fourth-order valence-electron chi connectivity index (χ4n) is 5.29. The number of amides is 2. The van der Waals surface area contributed by atoms with Crippen LogP contribution < -0.4 is 10.6 Å². The van der Waals surface area contributed by atoms with E-state index in [1.54, 1.807) is 0 Å². The summed E-state index contributed by atoms with van der Waals surface area (Å²) in [7, 11) is 0. The van der Waals surface area contributed by atoms with Gasteiger partial charge >= 0.3 is 6.03 Å². The summed E-state index contributed by atoms with van der Waals surface area (Å²) in [6.07, 6.45) is 7.34. The van der Waals surface area contributed by atoms with E-state index in [1.807, 2.05) is 0 Å². The van der Waals surface area contributed by atoms with Crippen molar-refractivity contribution >= 4 is 6.03 Å². The van der Waals surface area contributed by atoms with E-state index in [0.29, 0.717) is 23.5 Å². The van der Waals surface area contributed by atoms with E-state index in [-0.39, 0.29) is 17.5 Å². The van der Waals surface area contributed by atoms with Crippen LogP contribution in [0.3, 0.4) is 0 Å². The molecule has 2 amide bonds. The number of hydrogen-bond donors (Lipinski definition) is 2. The molecule has 0 spiro atoms. The Labute approximate surface area is 147 Å². The minimum absolute atomic E-state index is 0.0247. The highest BCUT2D eigenvalue weighted by atomic mass is 16.5. The highest BCUT2D eigenvalue weighted by molar-refractivity contribution is 5.75. The van der Waals surface area contributed by atoms with Gasteiger partial charge < -0.3 is 15.4 Å². The Morgan fingerprint density at radius 2 is 1.79 bits per heavy atom. The lowest BCUT2D eigenvalue weighted by Gasteiger charge is -2.54. The molecule has 0 aromatic heterocycles. The van der Waals surface area contributed by atoms with Gasteiger partial charge in [0.05, 0.1) is 6.10 Å². The number of hydrogen-bond acceptors (Lipinski definition) is 2. The average molecular weight is 337 g/mol. The van der Waals surface area contributed by atoms with Crippen molar-refractivity contribution in [3.8, 4) is 0 Å². The summed E-state index contributed by atoms with van der Waals surface area (Å²) in [6.45, 7) is 12.3. The summed E-state index contributed by atoms with van der Waals surface area (Å²) in [5, 5.41) is 6.48. The first-order valence-electron chi connectivity index (χ1n) is 9.94. The first kappa shape index (κ1) is 18.0. The summed E-state index contributed by atoms with van der Waals surface area (Å²) >= 11 is 0. The summed E-state index contributed by atoms with van der Waals surface area (Å²) in [4.78, 5) is 12.5. The number of rotatable bonds is 4. The summed E-state index contributed by atoms with van der Waals surface area (Å²) in [6, 6.07) is 0.615. The number of carbonyl (C=O) groups is 1. The quantitative estimate of drug-likeness (QED) is 0.812. The number of fused-ring (bicyclic) bond motifs is 1. The van der Waals surface area contributed by atoms with Gasteiger partial charge in [-0.2, -0.15) is 0 Å². The zero-order valence-corrected chi connectivity index (χ0v) is 16.2. The molecular weight excluding hydrogens is 300 g/mol. The largest absolute Gasteiger partial charge is 0.377 e. The van der Waals surface area contributed by atoms with E-state index in [9.17, 15) is 4.79 Å². The normalized spacial score (nSPS) is 38.1. The van der Waals surface area contributed by atoms with E-state index < -0.39 is 0 Å². The van der Waals surface area contributed by atoms with E-state index in [1.165, 1.54) is 19.3 Å². The lowest BCUT2D eigenvalue weighted by molar-refractivity contribution is -0.108. The maximum Gasteiger partial charge on any atom is 0.315 e. The van der Waals surface area contributed by atoms with Gasteiger partial charge in [-0.15, -0.1) is 0 Å². The SMILES string of the molecule is CCC(C)(C)C1CCC(NC(=O)NC2C3CCOC3C2(C)C)CC1. The Kier molecular flexibility index (Phi) is 4.89. The van der Waals surface area contributed by atoms with Crippen molar-refractivity contribution < 1.29 is 9.53 Å². The highest BCUT2D eigenvalue weighted by Crippen LogP contribution is 2.52. The monoisotopic (exact) mass is 336 g/mol. The van der Waals surface area contributed by atoms with Gasteiger partial charge in [0.2, 0.25) is 0 Å². The highest BCUT2D eigenvalue weighted by Gasteiger charge is 2.59. The van der Waals surface area contributed by atoms with Crippen LogP contribution >= 0.6 is 0 Å². The average Bonchev–Trinajstić information content (AvgIpc) is 3.00. The van der Waals surface area contributed by atoms with Crippen molar-refractivity contribution in [3.05, 3.63) is 0 Å². The maximum atomic E-state index is 12.5. The molecule has 4 nitrogen and oxygen atoms in total. The smallest absolute Gasteiger partial charge is 0.315 e. The Morgan fingerprint density at radius 1 is 1.12 bits per heavy atom. The molecule has 3 fully saturated rings. The van der Waals surface area contributed by atoms with E-state index in [4.69, 9.17) is 4.74 Å².